The predicted molar refractivity (Wildman–Crippen MR) is 62.8 cm³/mol. The molecule has 0 aromatic carbocycles. The lowest BCUT2D eigenvalue weighted by molar-refractivity contribution is 0.0641. The van der Waals surface area contributed by atoms with Crippen LogP contribution in [0.5, 0.6) is 0 Å². The van der Waals surface area contributed by atoms with E-state index in [4.69, 9.17) is 4.74 Å². The van der Waals surface area contributed by atoms with Gasteiger partial charge in [-0.05, 0) is 49.0 Å². The maximum atomic E-state index is 5.34. The van der Waals surface area contributed by atoms with Gasteiger partial charge in [0.15, 0.2) is 0 Å². The van der Waals surface area contributed by atoms with E-state index < -0.39 is 0 Å². The van der Waals surface area contributed by atoms with Crippen molar-refractivity contribution in [2.24, 2.45) is 23.2 Å². The third-order valence-corrected chi connectivity index (χ3v) is 4.60. The van der Waals surface area contributed by atoms with Crippen LogP contribution in [0, 0.1) is 23.2 Å². The van der Waals surface area contributed by atoms with Gasteiger partial charge < -0.3 is 10.1 Å². The molecule has 3 atom stereocenters. The van der Waals surface area contributed by atoms with Crippen molar-refractivity contribution in [3.63, 3.8) is 0 Å². The van der Waals surface area contributed by atoms with Gasteiger partial charge >= 0.3 is 0 Å². The molecule has 0 bridgehead atoms. The summed E-state index contributed by atoms with van der Waals surface area (Å²) < 4.78 is 5.34. The average Bonchev–Trinajstić information content (AvgIpc) is 2.84. The Bertz CT molecular complexity index is 207. The lowest BCUT2D eigenvalue weighted by Gasteiger charge is -2.37. The molecular formula is C13H25NO. The van der Waals surface area contributed by atoms with E-state index in [0.29, 0.717) is 11.3 Å². The molecule has 0 spiro atoms. The molecule has 0 radical (unpaired) electrons. The summed E-state index contributed by atoms with van der Waals surface area (Å²) in [7, 11) is 1.83. The Morgan fingerprint density at radius 1 is 1.40 bits per heavy atom. The second-order valence-electron chi connectivity index (χ2n) is 5.66. The van der Waals surface area contributed by atoms with Crippen LogP contribution < -0.4 is 5.32 Å². The van der Waals surface area contributed by atoms with Crippen LogP contribution in [0.25, 0.3) is 0 Å². The van der Waals surface area contributed by atoms with Crippen LogP contribution in [0.4, 0.5) is 0 Å². The molecule has 0 aliphatic heterocycles. The van der Waals surface area contributed by atoms with Crippen LogP contribution in [0.3, 0.4) is 0 Å². The number of nitrogens with one attached hydrogen (secondary N) is 1. The highest BCUT2D eigenvalue weighted by atomic mass is 16.5. The van der Waals surface area contributed by atoms with Crippen molar-refractivity contribution in [3.8, 4) is 0 Å². The molecule has 0 amide bonds. The molecule has 2 aliphatic carbocycles. The van der Waals surface area contributed by atoms with Crippen LogP contribution in [0.1, 0.15) is 33.1 Å². The molecule has 2 nitrogen and oxygen atoms in total. The Labute approximate surface area is 93.8 Å². The van der Waals surface area contributed by atoms with Crippen molar-refractivity contribution in [1.29, 1.82) is 0 Å². The third-order valence-electron chi connectivity index (χ3n) is 4.60. The van der Waals surface area contributed by atoms with Crippen molar-refractivity contribution in [1.82, 2.24) is 5.32 Å². The van der Waals surface area contributed by atoms with E-state index in [1.807, 2.05) is 7.11 Å². The first-order valence-electron chi connectivity index (χ1n) is 6.41. The minimum atomic E-state index is 0.541. The van der Waals surface area contributed by atoms with Gasteiger partial charge in [0, 0.05) is 20.3 Å². The fourth-order valence-electron chi connectivity index (χ4n) is 3.46. The largest absolute Gasteiger partial charge is 0.384 e. The Hall–Kier alpha value is -0.0800. The summed E-state index contributed by atoms with van der Waals surface area (Å²) >= 11 is 0. The predicted octanol–water partition coefficient (Wildman–Crippen LogP) is 2.29. The van der Waals surface area contributed by atoms with E-state index in [9.17, 15) is 0 Å². The van der Waals surface area contributed by atoms with Crippen molar-refractivity contribution < 1.29 is 4.74 Å². The van der Waals surface area contributed by atoms with Crippen molar-refractivity contribution in [3.05, 3.63) is 0 Å². The fourth-order valence-corrected chi connectivity index (χ4v) is 3.46. The van der Waals surface area contributed by atoms with Crippen LogP contribution in [-0.4, -0.2) is 26.8 Å². The summed E-state index contributed by atoms with van der Waals surface area (Å²) in [4.78, 5) is 0. The first kappa shape index (κ1) is 11.4. The van der Waals surface area contributed by atoms with Gasteiger partial charge in [-0.3, -0.25) is 0 Å². The Kier molecular flexibility index (Phi) is 3.36. The van der Waals surface area contributed by atoms with E-state index in [-0.39, 0.29) is 0 Å². The van der Waals surface area contributed by atoms with Gasteiger partial charge in [-0.2, -0.15) is 0 Å². The third kappa shape index (κ3) is 2.21. The van der Waals surface area contributed by atoms with Crippen LogP contribution in [0.15, 0.2) is 0 Å². The molecule has 1 N–H and O–H groups in total. The maximum absolute atomic E-state index is 5.34. The van der Waals surface area contributed by atoms with Gasteiger partial charge in [0.25, 0.3) is 0 Å². The zero-order chi connectivity index (χ0) is 10.9. The summed E-state index contributed by atoms with van der Waals surface area (Å²) in [5, 5.41) is 3.56. The van der Waals surface area contributed by atoms with Crippen molar-refractivity contribution >= 4 is 0 Å². The summed E-state index contributed by atoms with van der Waals surface area (Å²) in [6.45, 7) is 7.78. The van der Waals surface area contributed by atoms with Crippen LogP contribution >= 0.6 is 0 Å². The zero-order valence-corrected chi connectivity index (χ0v) is 10.4. The lowest BCUT2D eigenvalue weighted by atomic mass is 9.72. The Balaban J connectivity index is 1.95. The SMILES string of the molecule is CCNCC1(C(C)COC)CC2CC2C1. The molecule has 0 saturated heterocycles. The minimum Gasteiger partial charge on any atom is -0.384 e. The number of hydrogen-bond acceptors (Lipinski definition) is 2. The van der Waals surface area contributed by atoms with Gasteiger partial charge in [0.1, 0.15) is 0 Å². The number of fused-ring (bicyclic) bond motifs is 1. The second kappa shape index (κ2) is 4.42. The fraction of sp³-hybridized carbons (Fsp3) is 1.00. The molecule has 15 heavy (non-hydrogen) atoms. The summed E-state index contributed by atoms with van der Waals surface area (Å²) in [6.07, 6.45) is 4.39. The summed E-state index contributed by atoms with van der Waals surface area (Å²) in [5.41, 5.74) is 0.541. The highest BCUT2D eigenvalue weighted by Crippen LogP contribution is 2.62. The van der Waals surface area contributed by atoms with E-state index in [1.54, 1.807) is 0 Å². The molecule has 0 heterocycles. The first-order chi connectivity index (χ1) is 7.22. The molecule has 2 aliphatic rings. The number of methoxy groups -OCH3 is 1. The van der Waals surface area contributed by atoms with Gasteiger partial charge in [-0.15, -0.1) is 0 Å². The molecule has 2 rings (SSSR count). The molecule has 0 aromatic rings. The second-order valence-corrected chi connectivity index (χ2v) is 5.66. The zero-order valence-electron chi connectivity index (χ0n) is 10.4. The molecule has 0 aromatic heterocycles. The molecule has 2 heteroatoms. The molecule has 88 valence electrons. The standard InChI is InChI=1S/C13H25NO/c1-4-14-9-13(10(2)8-15-3)6-11-5-12(11)7-13/h10-12,14H,4-9H2,1-3H3. The van der Waals surface area contributed by atoms with Gasteiger partial charge in [0.2, 0.25) is 0 Å². The van der Waals surface area contributed by atoms with Crippen LogP contribution in [0.2, 0.25) is 0 Å². The van der Waals surface area contributed by atoms with Crippen molar-refractivity contribution in [2.45, 2.75) is 33.1 Å². The molecule has 2 fully saturated rings. The summed E-state index contributed by atoms with van der Waals surface area (Å²) in [5.74, 6) is 2.82. The van der Waals surface area contributed by atoms with E-state index in [2.05, 4.69) is 19.2 Å². The number of rotatable bonds is 6. The molecular weight excluding hydrogens is 186 g/mol. The smallest absolute Gasteiger partial charge is 0.0493 e. The van der Waals surface area contributed by atoms with E-state index >= 15 is 0 Å². The van der Waals surface area contributed by atoms with Gasteiger partial charge in [-0.1, -0.05) is 13.8 Å². The van der Waals surface area contributed by atoms with E-state index in [0.717, 1.165) is 25.0 Å². The average molecular weight is 211 g/mol. The quantitative estimate of drug-likeness (QED) is 0.728. The molecule has 2 saturated carbocycles. The normalized spacial score (nSPS) is 40.2. The number of hydrogen-bond donors (Lipinski definition) is 1. The molecule has 3 unspecified atom stereocenters. The van der Waals surface area contributed by atoms with Crippen LogP contribution in [-0.2, 0) is 4.74 Å². The summed E-state index contributed by atoms with van der Waals surface area (Å²) in [6, 6.07) is 0. The van der Waals surface area contributed by atoms with Crippen molar-refractivity contribution in [2.75, 3.05) is 26.8 Å². The Morgan fingerprint density at radius 2 is 2.07 bits per heavy atom. The monoisotopic (exact) mass is 211 g/mol. The van der Waals surface area contributed by atoms with Gasteiger partial charge in [-0.25, -0.2) is 0 Å². The first-order valence-corrected chi connectivity index (χ1v) is 6.41. The maximum Gasteiger partial charge on any atom is 0.0493 e. The van der Waals surface area contributed by atoms with Gasteiger partial charge in [0.05, 0.1) is 0 Å². The van der Waals surface area contributed by atoms with E-state index in [1.165, 1.54) is 25.8 Å². The highest BCUT2D eigenvalue weighted by molar-refractivity contribution is 5.05. The Morgan fingerprint density at radius 3 is 2.60 bits per heavy atom. The lowest BCUT2D eigenvalue weighted by Crippen LogP contribution is -2.40. The number of ether oxygens (including phenoxy) is 1. The topological polar surface area (TPSA) is 21.3 Å². The minimum absolute atomic E-state index is 0.541. The highest BCUT2D eigenvalue weighted by Gasteiger charge is 2.55.